The monoisotopic (exact) mass is 403 g/mol. The highest BCUT2D eigenvalue weighted by Gasteiger charge is 2.22. The van der Waals surface area contributed by atoms with Gasteiger partial charge in [0.2, 0.25) is 5.28 Å². The Kier molecular flexibility index (Phi) is 5.67. The van der Waals surface area contributed by atoms with Crippen molar-refractivity contribution >= 4 is 44.9 Å². The van der Waals surface area contributed by atoms with E-state index < -0.39 is 5.97 Å². The van der Waals surface area contributed by atoms with Gasteiger partial charge in [-0.1, -0.05) is 45.0 Å². The lowest BCUT2D eigenvalue weighted by Gasteiger charge is -2.18. The minimum atomic E-state index is -0.922. The van der Waals surface area contributed by atoms with Gasteiger partial charge in [0, 0.05) is 17.5 Å². The minimum absolute atomic E-state index is 0.125. The van der Waals surface area contributed by atoms with E-state index in [-0.39, 0.29) is 11.8 Å². The number of thiophene rings is 1. The summed E-state index contributed by atoms with van der Waals surface area (Å²) in [4.78, 5) is 23.5. The summed E-state index contributed by atoms with van der Waals surface area (Å²) in [5, 5.41) is 10.2. The molecule has 3 aromatic rings. The average molecular weight is 404 g/mol. The van der Waals surface area contributed by atoms with Crippen LogP contribution >= 0.6 is 22.9 Å². The zero-order valence-corrected chi connectivity index (χ0v) is 17.4. The van der Waals surface area contributed by atoms with Gasteiger partial charge < -0.3 is 10.0 Å². The molecule has 0 spiro atoms. The average Bonchev–Trinajstić information content (AvgIpc) is 2.98. The number of aryl methyl sites for hydroxylation is 1. The van der Waals surface area contributed by atoms with Crippen LogP contribution in [0.25, 0.3) is 21.3 Å². The second-order valence-electron chi connectivity index (χ2n) is 6.78. The second-order valence-corrected chi connectivity index (χ2v) is 8.20. The van der Waals surface area contributed by atoms with E-state index >= 15 is 0 Å². The van der Waals surface area contributed by atoms with Gasteiger partial charge in [-0.2, -0.15) is 4.98 Å². The standard InChI is InChI=1S/C20H22ClN3O2S/c1-5-14-16(13-8-6-12(7-9-13)11(2)3)17-18(24(4)10-15(25)26)22-20(21)23-19(17)27-14/h6-9,11H,5,10H2,1-4H3,(H,25,26). The quantitative estimate of drug-likeness (QED) is 0.571. The van der Waals surface area contributed by atoms with Gasteiger partial charge in [0.15, 0.2) is 0 Å². The molecule has 0 aliphatic carbocycles. The molecule has 0 saturated heterocycles. The number of likely N-dealkylation sites (N-methyl/N-ethyl adjacent to an activating group) is 1. The summed E-state index contributed by atoms with van der Waals surface area (Å²) in [6.07, 6.45) is 0.849. The molecule has 0 amide bonds. The Morgan fingerprint density at radius 2 is 1.93 bits per heavy atom. The number of nitrogens with zero attached hydrogens (tertiary/aromatic N) is 3. The molecule has 0 atom stereocenters. The maximum atomic E-state index is 11.2. The van der Waals surface area contributed by atoms with Crippen molar-refractivity contribution in [3.63, 3.8) is 0 Å². The van der Waals surface area contributed by atoms with E-state index in [1.54, 1.807) is 23.3 Å². The number of benzene rings is 1. The van der Waals surface area contributed by atoms with Crippen molar-refractivity contribution in [1.82, 2.24) is 9.97 Å². The number of aromatic nitrogens is 2. The van der Waals surface area contributed by atoms with Gasteiger partial charge in [0.25, 0.3) is 0 Å². The molecule has 7 heteroatoms. The lowest BCUT2D eigenvalue weighted by atomic mass is 9.97. The SMILES string of the molecule is CCc1sc2nc(Cl)nc(N(C)CC(=O)O)c2c1-c1ccc(C(C)C)cc1. The molecule has 5 nitrogen and oxygen atoms in total. The Morgan fingerprint density at radius 3 is 2.48 bits per heavy atom. The Hall–Kier alpha value is -2.18. The van der Waals surface area contributed by atoms with E-state index in [9.17, 15) is 9.90 Å². The number of aliphatic carboxylic acids is 1. The molecule has 0 aliphatic rings. The van der Waals surface area contributed by atoms with Crippen molar-refractivity contribution < 1.29 is 9.90 Å². The molecule has 1 N–H and O–H groups in total. The fourth-order valence-corrected chi connectivity index (χ4v) is 4.49. The lowest BCUT2D eigenvalue weighted by molar-refractivity contribution is -0.135. The van der Waals surface area contributed by atoms with E-state index in [1.165, 1.54) is 10.4 Å². The third kappa shape index (κ3) is 3.92. The molecule has 27 heavy (non-hydrogen) atoms. The van der Waals surface area contributed by atoms with Crippen molar-refractivity contribution in [1.29, 1.82) is 0 Å². The molecule has 0 aliphatic heterocycles. The number of hydrogen-bond acceptors (Lipinski definition) is 5. The molecular formula is C20H22ClN3O2S. The number of fused-ring (bicyclic) bond motifs is 1. The van der Waals surface area contributed by atoms with Crippen LogP contribution in [0.15, 0.2) is 24.3 Å². The fourth-order valence-electron chi connectivity index (χ4n) is 3.15. The highest BCUT2D eigenvalue weighted by Crippen LogP contribution is 2.43. The Labute approximate surface area is 167 Å². The van der Waals surface area contributed by atoms with Crippen LogP contribution in [-0.4, -0.2) is 34.6 Å². The van der Waals surface area contributed by atoms with Crippen molar-refractivity contribution in [2.75, 3.05) is 18.5 Å². The van der Waals surface area contributed by atoms with Crippen LogP contribution < -0.4 is 4.90 Å². The smallest absolute Gasteiger partial charge is 0.323 e. The van der Waals surface area contributed by atoms with Crippen molar-refractivity contribution in [3.05, 3.63) is 40.0 Å². The third-order valence-electron chi connectivity index (χ3n) is 4.50. The highest BCUT2D eigenvalue weighted by atomic mass is 35.5. The Morgan fingerprint density at radius 1 is 1.26 bits per heavy atom. The molecule has 0 unspecified atom stereocenters. The minimum Gasteiger partial charge on any atom is -0.480 e. The topological polar surface area (TPSA) is 66.3 Å². The van der Waals surface area contributed by atoms with Gasteiger partial charge >= 0.3 is 5.97 Å². The van der Waals surface area contributed by atoms with Gasteiger partial charge in [0.05, 0.1) is 5.39 Å². The van der Waals surface area contributed by atoms with Crippen molar-refractivity contribution in [3.8, 4) is 11.1 Å². The summed E-state index contributed by atoms with van der Waals surface area (Å²) in [6.45, 7) is 6.28. The first kappa shape index (κ1) is 19.6. The summed E-state index contributed by atoms with van der Waals surface area (Å²) in [7, 11) is 1.71. The van der Waals surface area contributed by atoms with Crippen LogP contribution in [0, 0.1) is 0 Å². The van der Waals surface area contributed by atoms with E-state index in [1.807, 2.05) is 0 Å². The molecule has 3 rings (SSSR count). The summed E-state index contributed by atoms with van der Waals surface area (Å²) >= 11 is 7.71. The van der Waals surface area contributed by atoms with Gasteiger partial charge in [-0.3, -0.25) is 4.79 Å². The lowest BCUT2D eigenvalue weighted by Crippen LogP contribution is -2.26. The second kappa shape index (κ2) is 7.82. The van der Waals surface area contributed by atoms with Crippen LogP contribution in [-0.2, 0) is 11.2 Å². The molecule has 0 radical (unpaired) electrons. The summed E-state index contributed by atoms with van der Waals surface area (Å²) in [5.74, 6) is 0.0868. The van der Waals surface area contributed by atoms with Crippen LogP contribution in [0.3, 0.4) is 0 Å². The third-order valence-corrected chi connectivity index (χ3v) is 5.90. The first-order chi connectivity index (χ1) is 12.8. The van der Waals surface area contributed by atoms with Gasteiger partial charge in [-0.05, 0) is 35.1 Å². The predicted octanol–water partition coefficient (Wildman–Crippen LogP) is 5.22. The van der Waals surface area contributed by atoms with Crippen LogP contribution in [0.1, 0.15) is 37.1 Å². The van der Waals surface area contributed by atoms with Gasteiger partial charge in [0.1, 0.15) is 17.2 Å². The molecule has 0 fully saturated rings. The Balaban J connectivity index is 2.25. The largest absolute Gasteiger partial charge is 0.480 e. The predicted molar refractivity (Wildman–Crippen MR) is 112 cm³/mol. The number of carbonyl (C=O) groups is 1. The van der Waals surface area contributed by atoms with E-state index in [0.29, 0.717) is 11.7 Å². The highest BCUT2D eigenvalue weighted by molar-refractivity contribution is 7.19. The molecule has 1 aromatic carbocycles. The number of carboxylic acids is 1. The number of hydrogen-bond donors (Lipinski definition) is 1. The number of carboxylic acid groups (broad SMARTS) is 1. The maximum Gasteiger partial charge on any atom is 0.323 e. The fraction of sp³-hybridized carbons (Fsp3) is 0.350. The number of anilines is 1. The maximum absolute atomic E-state index is 11.2. The molecule has 0 saturated carbocycles. The number of rotatable bonds is 6. The molecule has 2 heterocycles. The summed E-state index contributed by atoms with van der Waals surface area (Å²) in [6, 6.07) is 8.51. The molecular weight excluding hydrogens is 382 g/mol. The zero-order valence-electron chi connectivity index (χ0n) is 15.8. The van der Waals surface area contributed by atoms with E-state index in [0.717, 1.165) is 27.8 Å². The van der Waals surface area contributed by atoms with Crippen LogP contribution in [0.5, 0.6) is 0 Å². The van der Waals surface area contributed by atoms with Crippen molar-refractivity contribution in [2.24, 2.45) is 0 Å². The van der Waals surface area contributed by atoms with Gasteiger partial charge in [-0.15, -0.1) is 11.3 Å². The van der Waals surface area contributed by atoms with Gasteiger partial charge in [-0.25, -0.2) is 4.98 Å². The number of halogens is 1. The zero-order chi connectivity index (χ0) is 19.7. The van der Waals surface area contributed by atoms with E-state index in [4.69, 9.17) is 11.6 Å². The normalized spacial score (nSPS) is 11.3. The first-order valence-corrected chi connectivity index (χ1v) is 10.0. The van der Waals surface area contributed by atoms with Crippen LogP contribution in [0.2, 0.25) is 5.28 Å². The molecule has 2 aromatic heterocycles. The van der Waals surface area contributed by atoms with Crippen molar-refractivity contribution in [2.45, 2.75) is 33.1 Å². The summed E-state index contributed by atoms with van der Waals surface area (Å²) in [5.41, 5.74) is 3.42. The molecule has 0 bridgehead atoms. The Bertz CT molecular complexity index is 983. The van der Waals surface area contributed by atoms with Crippen LogP contribution in [0.4, 0.5) is 5.82 Å². The first-order valence-electron chi connectivity index (χ1n) is 8.84. The van der Waals surface area contributed by atoms with E-state index in [2.05, 4.69) is 55.0 Å². The molecule has 142 valence electrons. The summed E-state index contributed by atoms with van der Waals surface area (Å²) < 4.78 is 0.